The van der Waals surface area contributed by atoms with Gasteiger partial charge in [0.05, 0.1) is 11.6 Å². The van der Waals surface area contributed by atoms with Gasteiger partial charge in [-0.05, 0) is 40.7 Å². The molecule has 1 N–H and O–H groups in total. The summed E-state index contributed by atoms with van der Waals surface area (Å²) in [6.07, 6.45) is 2.36. The molecule has 5 nitrogen and oxygen atoms in total. The minimum absolute atomic E-state index is 0.185. The Hall–Kier alpha value is -1.40. The standard InChI is InChI=1S/C13H17BrN4O/c1-15-11(7-13-16-8-17-18(13)2)9-4-5-12(19-3)10(14)6-9/h4-6,8,11,15H,7H2,1-3H3. The van der Waals surface area contributed by atoms with E-state index in [-0.39, 0.29) is 6.04 Å². The van der Waals surface area contributed by atoms with Gasteiger partial charge in [0.25, 0.3) is 0 Å². The molecule has 0 spiro atoms. The van der Waals surface area contributed by atoms with Gasteiger partial charge in [0, 0.05) is 19.5 Å². The van der Waals surface area contributed by atoms with Crippen molar-refractivity contribution in [3.63, 3.8) is 0 Å². The van der Waals surface area contributed by atoms with Crippen LogP contribution in [0, 0.1) is 0 Å². The van der Waals surface area contributed by atoms with E-state index in [0.29, 0.717) is 0 Å². The zero-order chi connectivity index (χ0) is 13.8. The molecule has 1 atom stereocenters. The predicted molar refractivity (Wildman–Crippen MR) is 77.2 cm³/mol. The van der Waals surface area contributed by atoms with E-state index in [4.69, 9.17) is 4.74 Å². The van der Waals surface area contributed by atoms with Crippen LogP contribution < -0.4 is 10.1 Å². The molecule has 0 saturated carbocycles. The molecular weight excluding hydrogens is 308 g/mol. The summed E-state index contributed by atoms with van der Waals surface area (Å²) in [4.78, 5) is 4.26. The molecule has 0 aliphatic heterocycles. The fourth-order valence-electron chi connectivity index (χ4n) is 1.97. The van der Waals surface area contributed by atoms with Gasteiger partial charge >= 0.3 is 0 Å². The van der Waals surface area contributed by atoms with Gasteiger partial charge in [-0.3, -0.25) is 4.68 Å². The summed E-state index contributed by atoms with van der Waals surface area (Å²) < 4.78 is 7.99. The topological polar surface area (TPSA) is 52.0 Å². The Bertz CT molecular complexity index is 555. The molecule has 1 aromatic carbocycles. The van der Waals surface area contributed by atoms with E-state index >= 15 is 0 Å². The number of halogens is 1. The Morgan fingerprint density at radius 2 is 2.26 bits per heavy atom. The monoisotopic (exact) mass is 324 g/mol. The van der Waals surface area contributed by atoms with Crippen LogP contribution >= 0.6 is 15.9 Å². The van der Waals surface area contributed by atoms with Gasteiger partial charge in [-0.25, -0.2) is 4.98 Å². The van der Waals surface area contributed by atoms with Crippen LogP contribution in [0.5, 0.6) is 5.75 Å². The third-order valence-corrected chi connectivity index (χ3v) is 3.74. The summed E-state index contributed by atoms with van der Waals surface area (Å²) >= 11 is 3.51. The third kappa shape index (κ3) is 3.13. The summed E-state index contributed by atoms with van der Waals surface area (Å²) in [5, 5.41) is 7.40. The first-order valence-electron chi connectivity index (χ1n) is 5.99. The lowest BCUT2D eigenvalue weighted by atomic mass is 10.0. The Labute approximate surface area is 121 Å². The highest BCUT2D eigenvalue weighted by atomic mass is 79.9. The third-order valence-electron chi connectivity index (χ3n) is 3.12. The van der Waals surface area contributed by atoms with E-state index < -0.39 is 0 Å². The first kappa shape index (κ1) is 14.0. The van der Waals surface area contributed by atoms with Gasteiger partial charge in [-0.15, -0.1) is 0 Å². The van der Waals surface area contributed by atoms with Crippen LogP contribution in [0.3, 0.4) is 0 Å². The molecule has 0 aliphatic carbocycles. The minimum atomic E-state index is 0.185. The SMILES string of the molecule is CNC(Cc1ncnn1C)c1ccc(OC)c(Br)c1. The second kappa shape index (κ2) is 6.16. The van der Waals surface area contributed by atoms with Crippen LogP contribution in [-0.4, -0.2) is 28.9 Å². The van der Waals surface area contributed by atoms with Gasteiger partial charge in [0.15, 0.2) is 0 Å². The summed E-state index contributed by atoms with van der Waals surface area (Å²) in [6, 6.07) is 6.27. The zero-order valence-electron chi connectivity index (χ0n) is 11.2. The maximum Gasteiger partial charge on any atom is 0.138 e. The molecular formula is C13H17BrN4O. The highest BCUT2D eigenvalue weighted by Gasteiger charge is 2.14. The average Bonchev–Trinajstić information content (AvgIpc) is 2.81. The first-order valence-corrected chi connectivity index (χ1v) is 6.78. The lowest BCUT2D eigenvalue weighted by molar-refractivity contribution is 0.411. The van der Waals surface area contributed by atoms with Crippen molar-refractivity contribution in [2.75, 3.05) is 14.2 Å². The highest BCUT2D eigenvalue weighted by molar-refractivity contribution is 9.10. The van der Waals surface area contributed by atoms with Crippen LogP contribution in [0.2, 0.25) is 0 Å². The predicted octanol–water partition coefficient (Wildman–Crippen LogP) is 2.09. The Balaban J connectivity index is 2.22. The number of aryl methyl sites for hydroxylation is 1. The quantitative estimate of drug-likeness (QED) is 0.915. The normalized spacial score (nSPS) is 12.4. The largest absolute Gasteiger partial charge is 0.496 e. The van der Waals surface area contributed by atoms with E-state index in [1.165, 1.54) is 5.56 Å². The van der Waals surface area contributed by atoms with Crippen LogP contribution in [-0.2, 0) is 13.5 Å². The molecule has 2 rings (SSSR count). The van der Waals surface area contributed by atoms with Crippen molar-refractivity contribution in [2.24, 2.45) is 7.05 Å². The molecule has 2 aromatic rings. The molecule has 1 unspecified atom stereocenters. The van der Waals surface area contributed by atoms with Crippen molar-refractivity contribution < 1.29 is 4.74 Å². The molecule has 102 valence electrons. The minimum Gasteiger partial charge on any atom is -0.496 e. The van der Waals surface area contributed by atoms with Crippen molar-refractivity contribution in [2.45, 2.75) is 12.5 Å². The average molecular weight is 325 g/mol. The lowest BCUT2D eigenvalue weighted by Gasteiger charge is -2.17. The molecule has 1 heterocycles. The number of hydrogen-bond acceptors (Lipinski definition) is 4. The maximum atomic E-state index is 5.24. The molecule has 0 fully saturated rings. The summed E-state index contributed by atoms with van der Waals surface area (Å²) in [7, 11) is 5.51. The smallest absolute Gasteiger partial charge is 0.138 e. The van der Waals surface area contributed by atoms with E-state index in [2.05, 4.69) is 43.5 Å². The lowest BCUT2D eigenvalue weighted by Crippen LogP contribution is -2.20. The fourth-order valence-corrected chi connectivity index (χ4v) is 2.53. The van der Waals surface area contributed by atoms with E-state index in [0.717, 1.165) is 22.5 Å². The van der Waals surface area contributed by atoms with Crippen molar-refractivity contribution in [3.05, 3.63) is 40.4 Å². The molecule has 0 aliphatic rings. The number of hydrogen-bond donors (Lipinski definition) is 1. The second-order valence-corrected chi connectivity index (χ2v) is 5.09. The number of likely N-dealkylation sites (N-methyl/N-ethyl adjacent to an activating group) is 1. The molecule has 19 heavy (non-hydrogen) atoms. The molecule has 0 radical (unpaired) electrons. The summed E-state index contributed by atoms with van der Waals surface area (Å²) in [6.45, 7) is 0. The summed E-state index contributed by atoms with van der Waals surface area (Å²) in [5.41, 5.74) is 1.18. The van der Waals surface area contributed by atoms with Crippen molar-refractivity contribution in [1.29, 1.82) is 0 Å². The van der Waals surface area contributed by atoms with Crippen LogP contribution in [0.25, 0.3) is 0 Å². The van der Waals surface area contributed by atoms with Gasteiger partial charge in [0.2, 0.25) is 0 Å². The highest BCUT2D eigenvalue weighted by Crippen LogP contribution is 2.28. The number of rotatable bonds is 5. The first-order chi connectivity index (χ1) is 9.15. The van der Waals surface area contributed by atoms with Gasteiger partial charge in [0.1, 0.15) is 17.9 Å². The van der Waals surface area contributed by atoms with Crippen LogP contribution in [0.4, 0.5) is 0 Å². The van der Waals surface area contributed by atoms with Crippen LogP contribution in [0.15, 0.2) is 29.0 Å². The van der Waals surface area contributed by atoms with Gasteiger partial charge in [-0.2, -0.15) is 5.10 Å². The van der Waals surface area contributed by atoms with Gasteiger partial charge in [-0.1, -0.05) is 6.07 Å². The number of benzene rings is 1. The fraction of sp³-hybridized carbons (Fsp3) is 0.385. The Kier molecular flexibility index (Phi) is 4.55. The molecule has 6 heteroatoms. The second-order valence-electron chi connectivity index (χ2n) is 4.24. The molecule has 1 aromatic heterocycles. The molecule has 0 saturated heterocycles. The van der Waals surface area contributed by atoms with E-state index in [1.807, 2.05) is 20.2 Å². The number of methoxy groups -OCH3 is 1. The number of ether oxygens (including phenoxy) is 1. The molecule has 0 amide bonds. The van der Waals surface area contributed by atoms with E-state index in [9.17, 15) is 0 Å². The number of nitrogens with zero attached hydrogens (tertiary/aromatic N) is 3. The Morgan fingerprint density at radius 1 is 1.47 bits per heavy atom. The van der Waals surface area contributed by atoms with Gasteiger partial charge < -0.3 is 10.1 Å². The molecule has 0 bridgehead atoms. The number of aromatic nitrogens is 3. The van der Waals surface area contributed by atoms with Crippen LogP contribution in [0.1, 0.15) is 17.4 Å². The summed E-state index contributed by atoms with van der Waals surface area (Å²) in [5.74, 6) is 1.78. The zero-order valence-corrected chi connectivity index (χ0v) is 12.8. The maximum absolute atomic E-state index is 5.24. The van der Waals surface area contributed by atoms with Crippen molar-refractivity contribution >= 4 is 15.9 Å². The number of nitrogens with one attached hydrogen (secondary N) is 1. The van der Waals surface area contributed by atoms with E-state index in [1.54, 1.807) is 18.1 Å². The van der Waals surface area contributed by atoms with Crippen molar-refractivity contribution in [3.8, 4) is 5.75 Å². The van der Waals surface area contributed by atoms with Crippen molar-refractivity contribution in [1.82, 2.24) is 20.1 Å². The Morgan fingerprint density at radius 3 is 2.79 bits per heavy atom.